The van der Waals surface area contributed by atoms with Gasteiger partial charge in [-0.15, -0.1) is 0 Å². The van der Waals surface area contributed by atoms with E-state index < -0.39 is 10.1 Å². The summed E-state index contributed by atoms with van der Waals surface area (Å²) in [7, 11) is -4.29. The van der Waals surface area contributed by atoms with Crippen molar-refractivity contribution in [3.05, 3.63) is 41.5 Å². The Labute approximate surface area is 239 Å². The van der Waals surface area contributed by atoms with Gasteiger partial charge in [0.05, 0.1) is 0 Å². The molecule has 0 radical (unpaired) electrons. The lowest BCUT2D eigenvalue weighted by atomic mass is 9.92. The predicted molar refractivity (Wildman–Crippen MR) is 168 cm³/mol. The van der Waals surface area contributed by atoms with Crippen molar-refractivity contribution in [3.8, 4) is 0 Å². The van der Waals surface area contributed by atoms with E-state index in [1.54, 1.807) is 0 Å². The van der Waals surface area contributed by atoms with Crippen LogP contribution in [0.15, 0.2) is 35.2 Å². The van der Waals surface area contributed by atoms with E-state index in [2.05, 4.69) is 39.1 Å². The molecule has 0 aliphatic rings. The Bertz CT molecular complexity index is 1020. The molecule has 0 heterocycles. The van der Waals surface area contributed by atoms with Gasteiger partial charge in [-0.05, 0) is 54.0 Å². The van der Waals surface area contributed by atoms with E-state index in [0.717, 1.165) is 73.5 Å². The highest BCUT2D eigenvalue weighted by atomic mass is 32.2. The number of fused-ring (bicyclic) bond motifs is 1. The van der Waals surface area contributed by atoms with E-state index in [1.165, 1.54) is 38.5 Å². The van der Waals surface area contributed by atoms with Gasteiger partial charge >= 0.3 is 0 Å². The molecule has 0 aromatic heterocycles. The maximum Gasteiger partial charge on any atom is 0.295 e. The van der Waals surface area contributed by atoms with Gasteiger partial charge in [0.15, 0.2) is 0 Å². The number of hydrogen-bond acceptors (Lipinski definition) is 5. The molecule has 224 valence electrons. The Kier molecular flexibility index (Phi) is 18.6. The molecule has 0 spiro atoms. The van der Waals surface area contributed by atoms with Crippen molar-refractivity contribution >= 4 is 20.9 Å². The number of aryl methyl sites for hydroxylation is 1. The average Bonchev–Trinajstić information content (AvgIpc) is 2.87. The van der Waals surface area contributed by atoms with Gasteiger partial charge in [-0.3, -0.25) is 4.55 Å². The molecule has 0 atom stereocenters. The Morgan fingerprint density at radius 2 is 1.28 bits per heavy atom. The third-order valence-corrected chi connectivity index (χ3v) is 8.02. The van der Waals surface area contributed by atoms with Gasteiger partial charge in [0.25, 0.3) is 10.1 Å². The Morgan fingerprint density at radius 1 is 0.769 bits per heavy atom. The van der Waals surface area contributed by atoms with Crippen molar-refractivity contribution in [2.24, 2.45) is 23.3 Å². The van der Waals surface area contributed by atoms with E-state index in [0.29, 0.717) is 24.9 Å². The molecule has 0 amide bonds. The normalized spacial score (nSPS) is 11.8. The summed E-state index contributed by atoms with van der Waals surface area (Å²) in [5.74, 6) is 1.48. The molecule has 2 aromatic rings. The molecule has 0 saturated carbocycles. The van der Waals surface area contributed by atoms with Gasteiger partial charge < -0.3 is 16.8 Å². The van der Waals surface area contributed by atoms with Crippen LogP contribution < -0.4 is 16.8 Å². The van der Waals surface area contributed by atoms with Gasteiger partial charge in [-0.1, -0.05) is 109 Å². The van der Waals surface area contributed by atoms with Crippen LogP contribution in [0.25, 0.3) is 10.8 Å². The first-order chi connectivity index (χ1) is 18.6. The van der Waals surface area contributed by atoms with Crippen molar-refractivity contribution in [1.29, 1.82) is 0 Å². The average molecular weight is 564 g/mol. The fourth-order valence-electron chi connectivity index (χ4n) is 4.96. The second-order valence-electron chi connectivity index (χ2n) is 11.6. The van der Waals surface area contributed by atoms with Crippen LogP contribution in [-0.4, -0.2) is 39.1 Å². The third kappa shape index (κ3) is 15.2. The molecule has 2 rings (SSSR count). The second kappa shape index (κ2) is 20.4. The second-order valence-corrected chi connectivity index (χ2v) is 12.9. The summed E-state index contributed by atoms with van der Waals surface area (Å²) >= 11 is 0. The highest BCUT2D eigenvalue weighted by molar-refractivity contribution is 7.86. The summed E-state index contributed by atoms with van der Waals surface area (Å²) in [6.07, 6.45) is 13.3. The summed E-state index contributed by atoms with van der Waals surface area (Å²) in [6, 6.07) is 9.71. The van der Waals surface area contributed by atoms with Crippen LogP contribution in [0.2, 0.25) is 0 Å². The first kappa shape index (κ1) is 35.5. The molecule has 7 heteroatoms. The van der Waals surface area contributed by atoms with Crippen molar-refractivity contribution < 1.29 is 13.0 Å². The Hall–Kier alpha value is -1.51. The van der Waals surface area contributed by atoms with Crippen molar-refractivity contribution in [3.63, 3.8) is 0 Å². The first-order valence-corrected chi connectivity index (χ1v) is 16.7. The van der Waals surface area contributed by atoms with E-state index in [-0.39, 0.29) is 4.90 Å². The van der Waals surface area contributed by atoms with Gasteiger partial charge in [-0.2, -0.15) is 8.42 Å². The standard InChI is InChI=1S/C28H44O3S.C4H13N3/c1-22(2)15-9-5-7-11-17-24-21-25-18-13-14-20-27(25)28(32(29,30)31)26(24)19-12-8-6-10-16-23(3)4;5-1-3-7-4-2-6/h13-14,18,20-23H,5-12,15-17,19H2,1-4H3,(H,29,30,31);7H,1-6H2. The minimum absolute atomic E-state index is 0.146. The fourth-order valence-corrected chi connectivity index (χ4v) is 5.97. The Balaban J connectivity index is 0.000000956. The Morgan fingerprint density at radius 3 is 1.79 bits per heavy atom. The third-order valence-electron chi connectivity index (χ3n) is 7.03. The topological polar surface area (TPSA) is 118 Å². The van der Waals surface area contributed by atoms with Crippen LogP contribution in [0, 0.1) is 11.8 Å². The smallest absolute Gasteiger partial charge is 0.295 e. The summed E-state index contributed by atoms with van der Waals surface area (Å²) < 4.78 is 35.1. The SMILES string of the molecule is CC(C)CCCCCCc1cc2ccccc2c(S(=O)(=O)O)c1CCCCCCC(C)C.NCCNCCN. The maximum atomic E-state index is 12.5. The molecule has 0 aliphatic heterocycles. The summed E-state index contributed by atoms with van der Waals surface area (Å²) in [5, 5.41) is 4.58. The van der Waals surface area contributed by atoms with Crippen LogP contribution in [-0.2, 0) is 23.0 Å². The minimum atomic E-state index is -4.29. The molecule has 0 bridgehead atoms. The monoisotopic (exact) mass is 563 g/mol. The molecule has 6 N–H and O–H groups in total. The molecule has 0 saturated heterocycles. The highest BCUT2D eigenvalue weighted by Gasteiger charge is 2.22. The summed E-state index contributed by atoms with van der Waals surface area (Å²) in [5.41, 5.74) is 12.3. The van der Waals surface area contributed by atoms with Gasteiger partial charge in [-0.25, -0.2) is 0 Å². The molecular weight excluding hydrogens is 506 g/mol. The zero-order chi connectivity index (χ0) is 29.1. The van der Waals surface area contributed by atoms with E-state index >= 15 is 0 Å². The largest absolute Gasteiger partial charge is 0.329 e. The zero-order valence-corrected chi connectivity index (χ0v) is 26.0. The number of nitrogens with one attached hydrogen (secondary N) is 1. The minimum Gasteiger partial charge on any atom is -0.329 e. The highest BCUT2D eigenvalue weighted by Crippen LogP contribution is 2.32. The van der Waals surface area contributed by atoms with Crippen molar-refractivity contribution in [2.45, 2.75) is 110 Å². The van der Waals surface area contributed by atoms with Crippen molar-refractivity contribution in [1.82, 2.24) is 5.32 Å². The number of hydrogen-bond donors (Lipinski definition) is 4. The van der Waals surface area contributed by atoms with Crippen LogP contribution in [0.5, 0.6) is 0 Å². The number of nitrogens with two attached hydrogens (primary N) is 2. The first-order valence-electron chi connectivity index (χ1n) is 15.2. The fraction of sp³-hybridized carbons (Fsp3) is 0.688. The lowest BCUT2D eigenvalue weighted by molar-refractivity contribution is 0.482. The van der Waals surface area contributed by atoms with E-state index in [4.69, 9.17) is 11.5 Å². The molecule has 0 fully saturated rings. The van der Waals surface area contributed by atoms with E-state index in [1.807, 2.05) is 24.3 Å². The number of rotatable bonds is 19. The quantitative estimate of drug-likeness (QED) is 0.109. The predicted octanol–water partition coefficient (Wildman–Crippen LogP) is 6.88. The zero-order valence-electron chi connectivity index (χ0n) is 25.2. The van der Waals surface area contributed by atoms with Crippen LogP contribution in [0.3, 0.4) is 0 Å². The molecule has 39 heavy (non-hydrogen) atoms. The molecular formula is C32H57N3O3S. The van der Waals surface area contributed by atoms with Crippen LogP contribution in [0.1, 0.15) is 103 Å². The summed E-state index contributed by atoms with van der Waals surface area (Å²) in [4.78, 5) is 0.146. The van der Waals surface area contributed by atoms with Crippen molar-refractivity contribution in [2.75, 3.05) is 26.2 Å². The van der Waals surface area contributed by atoms with E-state index in [9.17, 15) is 13.0 Å². The number of unbranched alkanes of at least 4 members (excludes halogenated alkanes) is 6. The van der Waals surface area contributed by atoms with Crippen LogP contribution in [0.4, 0.5) is 0 Å². The van der Waals surface area contributed by atoms with Gasteiger partial charge in [0.2, 0.25) is 0 Å². The lowest BCUT2D eigenvalue weighted by Crippen LogP contribution is -2.27. The van der Waals surface area contributed by atoms with Gasteiger partial charge in [0.1, 0.15) is 4.90 Å². The molecule has 0 unspecified atom stereocenters. The van der Waals surface area contributed by atoms with Gasteiger partial charge in [0, 0.05) is 31.6 Å². The summed E-state index contributed by atoms with van der Waals surface area (Å²) in [6.45, 7) is 12.2. The lowest BCUT2D eigenvalue weighted by Gasteiger charge is -2.17. The number of benzene rings is 2. The molecule has 6 nitrogen and oxygen atoms in total. The molecule has 0 aliphatic carbocycles. The molecule has 2 aromatic carbocycles. The van der Waals surface area contributed by atoms with Crippen LogP contribution >= 0.6 is 0 Å². The maximum absolute atomic E-state index is 12.5.